The quantitative estimate of drug-likeness (QED) is 0.818. The molecule has 3 heteroatoms. The Kier molecular flexibility index (Phi) is 3.56. The van der Waals surface area contributed by atoms with Gasteiger partial charge >= 0.3 is 0 Å². The van der Waals surface area contributed by atoms with E-state index < -0.39 is 0 Å². The Bertz CT molecular complexity index is 351. The number of rotatable bonds is 2. The number of piperazine rings is 1. The van der Waals surface area contributed by atoms with E-state index in [1.165, 1.54) is 11.1 Å². The lowest BCUT2D eigenvalue weighted by Crippen LogP contribution is -2.53. The Morgan fingerprint density at radius 1 is 1.44 bits per heavy atom. The zero-order valence-corrected chi connectivity index (χ0v) is 10.4. The van der Waals surface area contributed by atoms with Crippen molar-refractivity contribution in [3.63, 3.8) is 0 Å². The van der Waals surface area contributed by atoms with Crippen LogP contribution in [-0.2, 0) is 6.54 Å². The van der Waals surface area contributed by atoms with Crippen LogP contribution in [0, 0.1) is 6.92 Å². The number of pyridine rings is 1. The summed E-state index contributed by atoms with van der Waals surface area (Å²) in [6, 6.07) is 3.43. The molecule has 88 valence electrons. The lowest BCUT2D eigenvalue weighted by atomic mass is 10.1. The Morgan fingerprint density at radius 2 is 2.25 bits per heavy atom. The molecule has 0 aromatic carbocycles. The van der Waals surface area contributed by atoms with Crippen molar-refractivity contribution in [3.05, 3.63) is 29.6 Å². The smallest absolute Gasteiger partial charge is 0.0313 e. The van der Waals surface area contributed by atoms with Gasteiger partial charge in [-0.1, -0.05) is 6.07 Å². The van der Waals surface area contributed by atoms with Gasteiger partial charge in [0, 0.05) is 44.1 Å². The molecule has 1 N–H and O–H groups in total. The molecule has 1 aromatic heterocycles. The van der Waals surface area contributed by atoms with Crippen LogP contribution in [0.15, 0.2) is 18.5 Å². The maximum Gasteiger partial charge on any atom is 0.0313 e. The standard InChI is InChI=1S/C13H21N3/c1-10-4-13(7-14-5-10)9-16-8-11(2)15-6-12(16)3/h4-5,7,11-12,15H,6,8-9H2,1-3H3. The van der Waals surface area contributed by atoms with Gasteiger partial charge in [-0.3, -0.25) is 9.88 Å². The molecule has 0 spiro atoms. The van der Waals surface area contributed by atoms with Crippen molar-refractivity contribution in [1.29, 1.82) is 0 Å². The molecule has 0 amide bonds. The van der Waals surface area contributed by atoms with E-state index in [1.807, 2.05) is 12.4 Å². The second kappa shape index (κ2) is 4.93. The lowest BCUT2D eigenvalue weighted by molar-refractivity contribution is 0.138. The molecule has 2 unspecified atom stereocenters. The van der Waals surface area contributed by atoms with Gasteiger partial charge in [0.2, 0.25) is 0 Å². The van der Waals surface area contributed by atoms with E-state index in [0.29, 0.717) is 12.1 Å². The molecule has 16 heavy (non-hydrogen) atoms. The second-order valence-corrected chi connectivity index (χ2v) is 4.96. The molecule has 0 saturated carbocycles. The Hall–Kier alpha value is -0.930. The lowest BCUT2D eigenvalue weighted by Gasteiger charge is -2.37. The third kappa shape index (κ3) is 2.80. The number of aromatic nitrogens is 1. The van der Waals surface area contributed by atoms with Gasteiger partial charge in [0.25, 0.3) is 0 Å². The highest BCUT2D eigenvalue weighted by Gasteiger charge is 2.22. The average Bonchev–Trinajstić information content (AvgIpc) is 2.24. The van der Waals surface area contributed by atoms with Gasteiger partial charge in [0.05, 0.1) is 0 Å². The molecular weight excluding hydrogens is 198 g/mol. The zero-order valence-electron chi connectivity index (χ0n) is 10.4. The molecule has 3 nitrogen and oxygen atoms in total. The van der Waals surface area contributed by atoms with Crippen molar-refractivity contribution >= 4 is 0 Å². The van der Waals surface area contributed by atoms with Gasteiger partial charge in [0.1, 0.15) is 0 Å². The van der Waals surface area contributed by atoms with Gasteiger partial charge in [-0.15, -0.1) is 0 Å². The normalized spacial score (nSPS) is 26.9. The van der Waals surface area contributed by atoms with Gasteiger partial charge in [-0.25, -0.2) is 0 Å². The monoisotopic (exact) mass is 219 g/mol. The third-order valence-electron chi connectivity index (χ3n) is 3.21. The predicted octanol–water partition coefficient (Wildman–Crippen LogP) is 1.57. The number of hydrogen-bond acceptors (Lipinski definition) is 3. The van der Waals surface area contributed by atoms with Gasteiger partial charge in [-0.05, 0) is 31.9 Å². The van der Waals surface area contributed by atoms with Crippen molar-refractivity contribution in [3.8, 4) is 0 Å². The van der Waals surface area contributed by atoms with E-state index in [-0.39, 0.29) is 0 Å². The van der Waals surface area contributed by atoms with E-state index >= 15 is 0 Å². The first-order valence-corrected chi connectivity index (χ1v) is 6.03. The maximum absolute atomic E-state index is 4.25. The van der Waals surface area contributed by atoms with Crippen LogP contribution in [0.3, 0.4) is 0 Å². The van der Waals surface area contributed by atoms with E-state index in [4.69, 9.17) is 0 Å². The summed E-state index contributed by atoms with van der Waals surface area (Å²) >= 11 is 0. The topological polar surface area (TPSA) is 28.2 Å². The van der Waals surface area contributed by atoms with Crippen LogP contribution in [0.4, 0.5) is 0 Å². The summed E-state index contributed by atoms with van der Waals surface area (Å²) < 4.78 is 0. The van der Waals surface area contributed by atoms with Crippen molar-refractivity contribution < 1.29 is 0 Å². The van der Waals surface area contributed by atoms with Crippen LogP contribution in [-0.4, -0.2) is 35.1 Å². The first kappa shape index (κ1) is 11.6. The molecule has 1 aliphatic heterocycles. The molecule has 0 aliphatic carbocycles. The van der Waals surface area contributed by atoms with Crippen LogP contribution in [0.25, 0.3) is 0 Å². The number of hydrogen-bond donors (Lipinski definition) is 1. The minimum absolute atomic E-state index is 0.592. The molecular formula is C13H21N3. The van der Waals surface area contributed by atoms with Crippen molar-refractivity contribution in [2.45, 2.75) is 39.4 Å². The highest BCUT2D eigenvalue weighted by Crippen LogP contribution is 2.12. The van der Waals surface area contributed by atoms with Crippen LogP contribution < -0.4 is 5.32 Å². The van der Waals surface area contributed by atoms with Crippen LogP contribution in [0.2, 0.25) is 0 Å². The summed E-state index contributed by atoms with van der Waals surface area (Å²) in [4.78, 5) is 6.78. The minimum atomic E-state index is 0.592. The first-order chi connectivity index (χ1) is 7.65. The summed E-state index contributed by atoms with van der Waals surface area (Å²) in [6.45, 7) is 9.84. The van der Waals surface area contributed by atoms with E-state index in [0.717, 1.165) is 19.6 Å². The summed E-state index contributed by atoms with van der Waals surface area (Å²) in [7, 11) is 0. The molecule has 1 aliphatic rings. The molecule has 0 radical (unpaired) electrons. The highest BCUT2D eigenvalue weighted by atomic mass is 15.2. The average molecular weight is 219 g/mol. The summed E-state index contributed by atoms with van der Waals surface area (Å²) in [5.41, 5.74) is 2.56. The maximum atomic E-state index is 4.25. The minimum Gasteiger partial charge on any atom is -0.311 e. The fourth-order valence-electron chi connectivity index (χ4n) is 2.26. The molecule has 1 saturated heterocycles. The SMILES string of the molecule is Cc1cncc(CN2CC(C)NCC2C)c1. The largest absolute Gasteiger partial charge is 0.311 e. The van der Waals surface area contributed by atoms with Gasteiger partial charge in [-0.2, -0.15) is 0 Å². The first-order valence-electron chi connectivity index (χ1n) is 6.03. The molecule has 1 aromatic rings. The van der Waals surface area contributed by atoms with Crippen molar-refractivity contribution in [2.24, 2.45) is 0 Å². The van der Waals surface area contributed by atoms with E-state index in [2.05, 4.69) is 42.0 Å². The van der Waals surface area contributed by atoms with Crippen LogP contribution >= 0.6 is 0 Å². The molecule has 1 fully saturated rings. The van der Waals surface area contributed by atoms with E-state index in [9.17, 15) is 0 Å². The Balaban J connectivity index is 2.02. The fraction of sp³-hybridized carbons (Fsp3) is 0.615. The highest BCUT2D eigenvalue weighted by molar-refractivity contribution is 5.16. The second-order valence-electron chi connectivity index (χ2n) is 4.96. The number of nitrogens with one attached hydrogen (secondary N) is 1. The van der Waals surface area contributed by atoms with Crippen molar-refractivity contribution in [1.82, 2.24) is 15.2 Å². The Labute approximate surface area is 97.9 Å². The van der Waals surface area contributed by atoms with E-state index in [1.54, 1.807) is 0 Å². The van der Waals surface area contributed by atoms with Gasteiger partial charge in [0.15, 0.2) is 0 Å². The predicted molar refractivity (Wildman–Crippen MR) is 66.3 cm³/mol. The molecule has 0 bridgehead atoms. The van der Waals surface area contributed by atoms with Crippen LogP contribution in [0.1, 0.15) is 25.0 Å². The van der Waals surface area contributed by atoms with Gasteiger partial charge < -0.3 is 5.32 Å². The summed E-state index contributed by atoms with van der Waals surface area (Å²) in [6.07, 6.45) is 3.89. The molecule has 2 heterocycles. The van der Waals surface area contributed by atoms with Crippen LogP contribution in [0.5, 0.6) is 0 Å². The van der Waals surface area contributed by atoms with Crippen molar-refractivity contribution in [2.75, 3.05) is 13.1 Å². The molecule has 2 atom stereocenters. The molecule has 2 rings (SSSR count). The third-order valence-corrected chi connectivity index (χ3v) is 3.21. The fourth-order valence-corrected chi connectivity index (χ4v) is 2.26. The summed E-state index contributed by atoms with van der Waals surface area (Å²) in [5.74, 6) is 0. The Morgan fingerprint density at radius 3 is 3.00 bits per heavy atom. The zero-order chi connectivity index (χ0) is 11.5. The number of aryl methyl sites for hydroxylation is 1. The summed E-state index contributed by atoms with van der Waals surface area (Å²) in [5, 5.41) is 3.50. The number of nitrogens with zero attached hydrogens (tertiary/aromatic N) is 2.